The van der Waals surface area contributed by atoms with Crippen LogP contribution in [-0.4, -0.2) is 25.0 Å². The summed E-state index contributed by atoms with van der Waals surface area (Å²) in [5.74, 6) is -0.197. The number of rotatable bonds is 9. The fourth-order valence-corrected chi connectivity index (χ4v) is 5.16. The van der Waals surface area contributed by atoms with Crippen molar-refractivity contribution in [3.63, 3.8) is 0 Å². The first-order chi connectivity index (χ1) is 20.7. The molecule has 0 saturated carbocycles. The Morgan fingerprint density at radius 3 is 2.12 bits per heavy atom. The number of urea groups is 1. The third kappa shape index (κ3) is 7.27. The zero-order chi connectivity index (χ0) is 30.5. The lowest BCUT2D eigenvalue weighted by Gasteiger charge is -2.26. The first-order valence-electron chi connectivity index (χ1n) is 12.9. The molecule has 1 aliphatic rings. The maximum Gasteiger partial charge on any atom is 0.335 e. The molecule has 1 saturated heterocycles. The molecule has 4 aromatic rings. The van der Waals surface area contributed by atoms with Gasteiger partial charge in [0.1, 0.15) is 24.5 Å². The van der Waals surface area contributed by atoms with Crippen LogP contribution in [0.1, 0.15) is 16.7 Å². The standard InChI is InChI=1S/C32H23Br2ClN2O6/c1-41-28-16-21(15-27(34)29(28)43-18-20-4-8-23(35)9-5-20)14-26-30(38)36-32(40)37(31(26)39)24-10-12-25(13-11-24)42-17-19-2-6-22(33)7-3-19/h2-16H,17-18H2,1H3,(H,36,38,40)/b26-14+. The van der Waals surface area contributed by atoms with Crippen LogP contribution >= 0.6 is 43.5 Å². The van der Waals surface area contributed by atoms with Crippen molar-refractivity contribution in [2.24, 2.45) is 0 Å². The molecule has 8 nitrogen and oxygen atoms in total. The van der Waals surface area contributed by atoms with Crippen molar-refractivity contribution in [3.8, 4) is 17.2 Å². The zero-order valence-electron chi connectivity index (χ0n) is 22.6. The number of nitrogens with one attached hydrogen (secondary N) is 1. The molecule has 0 aliphatic carbocycles. The van der Waals surface area contributed by atoms with Crippen molar-refractivity contribution in [1.82, 2.24) is 5.32 Å². The van der Waals surface area contributed by atoms with Gasteiger partial charge in [-0.1, -0.05) is 51.8 Å². The Bertz CT molecular complexity index is 1710. The third-order valence-corrected chi connectivity index (χ3v) is 7.74. The lowest BCUT2D eigenvalue weighted by molar-refractivity contribution is -0.122. The summed E-state index contributed by atoms with van der Waals surface area (Å²) in [7, 11) is 1.49. The Labute approximate surface area is 269 Å². The van der Waals surface area contributed by atoms with Gasteiger partial charge in [-0.2, -0.15) is 0 Å². The van der Waals surface area contributed by atoms with Crippen LogP contribution in [0.25, 0.3) is 6.08 Å². The van der Waals surface area contributed by atoms with Gasteiger partial charge in [0.25, 0.3) is 11.8 Å². The smallest absolute Gasteiger partial charge is 0.335 e. The van der Waals surface area contributed by atoms with E-state index in [0.29, 0.717) is 38.9 Å². The van der Waals surface area contributed by atoms with Crippen molar-refractivity contribution in [1.29, 1.82) is 0 Å². The molecule has 1 aliphatic heterocycles. The maximum atomic E-state index is 13.4. The summed E-state index contributed by atoms with van der Waals surface area (Å²) < 4.78 is 18.8. The minimum atomic E-state index is -0.847. The van der Waals surface area contributed by atoms with Crippen molar-refractivity contribution in [3.05, 3.63) is 121 Å². The van der Waals surface area contributed by atoms with Crippen molar-refractivity contribution >= 4 is 73.1 Å². The fourth-order valence-electron chi connectivity index (χ4n) is 4.20. The lowest BCUT2D eigenvalue weighted by atomic mass is 10.1. The van der Waals surface area contributed by atoms with Gasteiger partial charge in [0.05, 0.1) is 17.3 Å². The monoisotopic (exact) mass is 724 g/mol. The first-order valence-corrected chi connectivity index (χ1v) is 14.8. The van der Waals surface area contributed by atoms with E-state index in [9.17, 15) is 14.4 Å². The van der Waals surface area contributed by atoms with E-state index in [1.165, 1.54) is 13.2 Å². The Hall–Kier alpha value is -4.12. The average Bonchev–Trinajstić information content (AvgIpc) is 2.99. The second kappa shape index (κ2) is 13.5. The molecule has 218 valence electrons. The van der Waals surface area contributed by atoms with Gasteiger partial charge in [-0.25, -0.2) is 9.69 Å². The zero-order valence-corrected chi connectivity index (χ0v) is 26.5. The predicted molar refractivity (Wildman–Crippen MR) is 170 cm³/mol. The fraction of sp³-hybridized carbons (Fsp3) is 0.0938. The van der Waals surface area contributed by atoms with Gasteiger partial charge >= 0.3 is 6.03 Å². The number of imide groups is 2. The average molecular weight is 727 g/mol. The molecule has 0 unspecified atom stereocenters. The Kier molecular flexibility index (Phi) is 9.49. The number of carbonyl (C=O) groups is 3. The molecule has 43 heavy (non-hydrogen) atoms. The van der Waals surface area contributed by atoms with Crippen molar-refractivity contribution in [2.45, 2.75) is 13.2 Å². The number of ether oxygens (including phenoxy) is 3. The Balaban J connectivity index is 1.33. The number of halogens is 3. The number of methoxy groups -OCH3 is 1. The van der Waals surface area contributed by atoms with E-state index in [1.807, 2.05) is 36.4 Å². The van der Waals surface area contributed by atoms with Crippen LogP contribution in [0.15, 0.2) is 99.4 Å². The summed E-state index contributed by atoms with van der Waals surface area (Å²) in [5, 5.41) is 2.86. The summed E-state index contributed by atoms with van der Waals surface area (Å²) in [4.78, 5) is 39.8. The number of hydrogen-bond donors (Lipinski definition) is 1. The summed E-state index contributed by atoms with van der Waals surface area (Å²) in [6, 6.07) is 23.9. The normalized spacial score (nSPS) is 14.1. The van der Waals surface area contributed by atoms with Crippen molar-refractivity contribution in [2.75, 3.05) is 12.0 Å². The molecule has 0 aromatic heterocycles. The van der Waals surface area contributed by atoms with E-state index in [1.54, 1.807) is 48.5 Å². The molecule has 1 fully saturated rings. The van der Waals surface area contributed by atoms with Gasteiger partial charge in [0, 0.05) is 9.50 Å². The molecule has 4 aromatic carbocycles. The number of carbonyl (C=O) groups excluding carboxylic acids is 3. The highest BCUT2D eigenvalue weighted by Crippen LogP contribution is 2.38. The molecule has 11 heteroatoms. The largest absolute Gasteiger partial charge is 0.493 e. The maximum absolute atomic E-state index is 13.4. The van der Waals surface area contributed by atoms with Crippen molar-refractivity contribution < 1.29 is 28.6 Å². The highest BCUT2D eigenvalue weighted by molar-refractivity contribution is 9.10. The number of benzene rings is 4. The van der Waals surface area contributed by atoms with E-state index in [0.717, 1.165) is 20.5 Å². The summed E-state index contributed by atoms with van der Waals surface area (Å²) in [6.45, 7) is 0.611. The summed E-state index contributed by atoms with van der Waals surface area (Å²) in [5.41, 5.74) is 2.42. The van der Waals surface area contributed by atoms with Gasteiger partial charge in [-0.15, -0.1) is 0 Å². The highest BCUT2D eigenvalue weighted by atomic mass is 79.9. The van der Waals surface area contributed by atoms with E-state index >= 15 is 0 Å². The van der Waals surface area contributed by atoms with Crippen LogP contribution in [0.4, 0.5) is 10.5 Å². The molecule has 1 N–H and O–H groups in total. The second-order valence-electron chi connectivity index (χ2n) is 9.32. The molecule has 0 bridgehead atoms. The van der Waals surface area contributed by atoms with Gasteiger partial charge in [-0.3, -0.25) is 14.9 Å². The molecule has 1 heterocycles. The number of anilines is 1. The lowest BCUT2D eigenvalue weighted by Crippen LogP contribution is -2.54. The number of barbiturate groups is 1. The van der Waals surface area contributed by atoms with Gasteiger partial charge in [0.15, 0.2) is 11.5 Å². The minimum Gasteiger partial charge on any atom is -0.493 e. The number of nitrogens with zero attached hydrogens (tertiary/aromatic N) is 1. The summed E-state index contributed by atoms with van der Waals surface area (Å²) in [6.07, 6.45) is 1.39. The second-order valence-corrected chi connectivity index (χ2v) is 11.5. The van der Waals surface area contributed by atoms with Crippen LogP contribution in [0.5, 0.6) is 17.2 Å². The molecular formula is C32H23Br2ClN2O6. The summed E-state index contributed by atoms with van der Waals surface area (Å²) >= 11 is 12.9. The van der Waals surface area contributed by atoms with Crippen LogP contribution in [0.2, 0.25) is 5.02 Å². The highest BCUT2D eigenvalue weighted by Gasteiger charge is 2.37. The Morgan fingerprint density at radius 1 is 0.837 bits per heavy atom. The molecule has 5 rings (SSSR count). The molecular weight excluding hydrogens is 704 g/mol. The number of hydrogen-bond acceptors (Lipinski definition) is 6. The molecule has 4 amide bonds. The quantitative estimate of drug-likeness (QED) is 0.140. The van der Waals surface area contributed by atoms with Crippen LogP contribution < -0.4 is 24.4 Å². The van der Waals surface area contributed by atoms with Gasteiger partial charge < -0.3 is 14.2 Å². The van der Waals surface area contributed by atoms with E-state index in [4.69, 9.17) is 25.8 Å². The molecule has 0 atom stereocenters. The SMILES string of the molecule is COc1cc(/C=C2\C(=O)NC(=O)N(c3ccc(OCc4ccc(Br)cc4)cc3)C2=O)cc(Br)c1OCc1ccc(Cl)cc1. The van der Waals surface area contributed by atoms with Crippen LogP contribution in [-0.2, 0) is 22.8 Å². The predicted octanol–water partition coefficient (Wildman–Crippen LogP) is 7.70. The minimum absolute atomic E-state index is 0.223. The number of amides is 4. The van der Waals surface area contributed by atoms with Crippen LogP contribution in [0.3, 0.4) is 0 Å². The topological polar surface area (TPSA) is 94.2 Å². The Morgan fingerprint density at radius 2 is 1.47 bits per heavy atom. The van der Waals surface area contributed by atoms with E-state index in [-0.39, 0.29) is 17.9 Å². The van der Waals surface area contributed by atoms with E-state index < -0.39 is 17.8 Å². The van der Waals surface area contributed by atoms with Crippen LogP contribution in [0, 0.1) is 0 Å². The molecule has 0 radical (unpaired) electrons. The van der Waals surface area contributed by atoms with Gasteiger partial charge in [0.2, 0.25) is 0 Å². The first kappa shape index (κ1) is 30.3. The van der Waals surface area contributed by atoms with Gasteiger partial charge in [-0.05, 0) is 99.4 Å². The molecule has 0 spiro atoms. The van der Waals surface area contributed by atoms with E-state index in [2.05, 4.69) is 37.2 Å². The third-order valence-electron chi connectivity index (χ3n) is 6.37.